The molecule has 1 aromatic rings. The summed E-state index contributed by atoms with van der Waals surface area (Å²) in [5, 5.41) is 3.24. The van der Waals surface area contributed by atoms with Crippen molar-refractivity contribution >= 4 is 17.5 Å². The van der Waals surface area contributed by atoms with Crippen LogP contribution in [0, 0.1) is 0 Å². The highest BCUT2D eigenvalue weighted by Crippen LogP contribution is 2.22. The first-order valence-electron chi connectivity index (χ1n) is 6.69. The van der Waals surface area contributed by atoms with Gasteiger partial charge in [0.25, 0.3) is 0 Å². The van der Waals surface area contributed by atoms with Crippen LogP contribution in [0.3, 0.4) is 0 Å². The molecule has 0 bridgehead atoms. The van der Waals surface area contributed by atoms with Gasteiger partial charge in [0, 0.05) is 12.2 Å². The van der Waals surface area contributed by atoms with Crippen molar-refractivity contribution < 1.29 is 9.53 Å². The van der Waals surface area contributed by atoms with Crippen molar-refractivity contribution in [2.24, 2.45) is 0 Å². The fourth-order valence-electron chi connectivity index (χ4n) is 1.88. The zero-order chi connectivity index (χ0) is 14.3. The lowest BCUT2D eigenvalue weighted by Gasteiger charge is -2.16. The van der Waals surface area contributed by atoms with E-state index in [0.717, 1.165) is 6.42 Å². The Morgan fingerprint density at radius 3 is 2.89 bits per heavy atom. The zero-order valence-corrected chi connectivity index (χ0v) is 11.9. The van der Waals surface area contributed by atoms with E-state index in [1.165, 1.54) is 26.4 Å². The molecular weight excluding hydrogens is 242 g/mol. The number of unbranched alkanes of at least 4 members (excludes halogenated alkanes) is 2. The number of anilines is 2. The SMILES string of the molecule is CCCCCC(C)Nc1nccc(C(=O)OC)c1N. The van der Waals surface area contributed by atoms with E-state index < -0.39 is 5.97 Å². The molecule has 1 unspecified atom stereocenters. The molecule has 1 heterocycles. The zero-order valence-electron chi connectivity index (χ0n) is 11.9. The Morgan fingerprint density at radius 1 is 1.53 bits per heavy atom. The summed E-state index contributed by atoms with van der Waals surface area (Å²) in [6, 6.07) is 1.84. The third kappa shape index (κ3) is 4.43. The standard InChI is InChI=1S/C14H23N3O2/c1-4-5-6-7-10(2)17-13-12(15)11(8-9-16-13)14(18)19-3/h8-10H,4-7,15H2,1-3H3,(H,16,17). The molecule has 1 atom stereocenters. The Kier molecular flexibility index (Phi) is 6.12. The molecule has 5 heteroatoms. The summed E-state index contributed by atoms with van der Waals surface area (Å²) in [5.74, 6) is 0.105. The van der Waals surface area contributed by atoms with Crippen LogP contribution in [0.1, 0.15) is 49.9 Å². The highest BCUT2D eigenvalue weighted by Gasteiger charge is 2.14. The molecule has 0 spiro atoms. The van der Waals surface area contributed by atoms with Crippen molar-refractivity contribution in [3.8, 4) is 0 Å². The van der Waals surface area contributed by atoms with Crippen LogP contribution in [0.2, 0.25) is 0 Å². The average Bonchev–Trinajstić information content (AvgIpc) is 2.40. The number of nitrogens with zero attached hydrogens (tertiary/aromatic N) is 1. The summed E-state index contributed by atoms with van der Waals surface area (Å²) < 4.78 is 4.68. The number of nitrogens with one attached hydrogen (secondary N) is 1. The number of nitrogen functional groups attached to an aromatic ring is 1. The predicted octanol–water partition coefficient (Wildman–Crippen LogP) is 2.83. The molecule has 0 aliphatic heterocycles. The second-order valence-corrected chi connectivity index (χ2v) is 4.65. The third-order valence-electron chi connectivity index (χ3n) is 3.02. The van der Waals surface area contributed by atoms with Gasteiger partial charge in [-0.25, -0.2) is 9.78 Å². The molecule has 1 aromatic heterocycles. The van der Waals surface area contributed by atoms with Crippen LogP contribution in [0.25, 0.3) is 0 Å². The second-order valence-electron chi connectivity index (χ2n) is 4.65. The summed E-state index contributed by atoms with van der Waals surface area (Å²) >= 11 is 0. The molecule has 0 amide bonds. The molecule has 0 saturated heterocycles. The van der Waals surface area contributed by atoms with Crippen molar-refractivity contribution in [3.63, 3.8) is 0 Å². The normalized spacial score (nSPS) is 11.9. The number of nitrogens with two attached hydrogens (primary N) is 1. The van der Waals surface area contributed by atoms with Crippen LogP contribution >= 0.6 is 0 Å². The lowest BCUT2D eigenvalue weighted by atomic mass is 10.1. The first-order valence-corrected chi connectivity index (χ1v) is 6.69. The lowest BCUT2D eigenvalue weighted by molar-refractivity contribution is 0.0602. The number of ether oxygens (including phenoxy) is 1. The monoisotopic (exact) mass is 265 g/mol. The molecular formula is C14H23N3O2. The van der Waals surface area contributed by atoms with Crippen molar-refractivity contribution in [2.75, 3.05) is 18.2 Å². The van der Waals surface area contributed by atoms with Gasteiger partial charge in [-0.1, -0.05) is 26.2 Å². The Bertz CT molecular complexity index is 421. The number of pyridine rings is 1. The smallest absolute Gasteiger partial charge is 0.340 e. The highest BCUT2D eigenvalue weighted by molar-refractivity contribution is 5.97. The summed E-state index contributed by atoms with van der Waals surface area (Å²) in [7, 11) is 1.34. The van der Waals surface area contributed by atoms with Gasteiger partial charge in [0.05, 0.1) is 18.4 Å². The van der Waals surface area contributed by atoms with Gasteiger partial charge in [0.1, 0.15) is 5.82 Å². The number of rotatable bonds is 7. The van der Waals surface area contributed by atoms with E-state index >= 15 is 0 Å². The molecule has 0 aliphatic rings. The van der Waals surface area contributed by atoms with Crippen LogP contribution in [-0.4, -0.2) is 24.1 Å². The van der Waals surface area contributed by atoms with Crippen molar-refractivity contribution in [1.82, 2.24) is 4.98 Å². The molecule has 5 nitrogen and oxygen atoms in total. The van der Waals surface area contributed by atoms with Crippen molar-refractivity contribution in [3.05, 3.63) is 17.8 Å². The van der Waals surface area contributed by atoms with Gasteiger partial charge in [0.15, 0.2) is 0 Å². The molecule has 19 heavy (non-hydrogen) atoms. The van der Waals surface area contributed by atoms with Gasteiger partial charge < -0.3 is 15.8 Å². The number of aromatic nitrogens is 1. The number of methoxy groups -OCH3 is 1. The van der Waals surface area contributed by atoms with E-state index in [0.29, 0.717) is 17.1 Å². The van der Waals surface area contributed by atoms with Gasteiger partial charge in [-0.2, -0.15) is 0 Å². The number of carbonyl (C=O) groups excluding carboxylic acids is 1. The summed E-state index contributed by atoms with van der Waals surface area (Å²) in [5.41, 5.74) is 6.63. The van der Waals surface area contributed by atoms with E-state index in [1.807, 2.05) is 0 Å². The van der Waals surface area contributed by atoms with Crippen molar-refractivity contribution in [1.29, 1.82) is 0 Å². The van der Waals surface area contributed by atoms with Crippen LogP contribution in [-0.2, 0) is 4.74 Å². The quantitative estimate of drug-likeness (QED) is 0.585. The minimum atomic E-state index is -0.443. The third-order valence-corrected chi connectivity index (χ3v) is 3.02. The van der Waals surface area contributed by atoms with E-state index in [1.54, 1.807) is 12.3 Å². The maximum absolute atomic E-state index is 11.5. The fraction of sp³-hybridized carbons (Fsp3) is 0.571. The lowest BCUT2D eigenvalue weighted by Crippen LogP contribution is -2.18. The number of carbonyl (C=O) groups is 1. The maximum atomic E-state index is 11.5. The fourth-order valence-corrected chi connectivity index (χ4v) is 1.88. The van der Waals surface area contributed by atoms with E-state index in [4.69, 9.17) is 5.73 Å². The van der Waals surface area contributed by atoms with Gasteiger partial charge >= 0.3 is 5.97 Å². The first kappa shape index (κ1) is 15.3. The topological polar surface area (TPSA) is 77.2 Å². The number of hydrogen-bond acceptors (Lipinski definition) is 5. The van der Waals surface area contributed by atoms with Gasteiger partial charge in [0.2, 0.25) is 0 Å². The Labute approximate surface area is 114 Å². The summed E-state index contributed by atoms with van der Waals surface area (Å²) in [6.07, 6.45) is 6.20. The van der Waals surface area contributed by atoms with Crippen LogP contribution in [0.5, 0.6) is 0 Å². The van der Waals surface area contributed by atoms with E-state index in [2.05, 4.69) is 28.9 Å². The maximum Gasteiger partial charge on any atom is 0.340 e. The molecule has 0 radical (unpaired) electrons. The van der Waals surface area contributed by atoms with Gasteiger partial charge in [-0.15, -0.1) is 0 Å². The highest BCUT2D eigenvalue weighted by atomic mass is 16.5. The van der Waals surface area contributed by atoms with Crippen molar-refractivity contribution in [2.45, 2.75) is 45.6 Å². The Hall–Kier alpha value is -1.78. The first-order chi connectivity index (χ1) is 9.10. The molecule has 0 aliphatic carbocycles. The largest absolute Gasteiger partial charge is 0.465 e. The second kappa shape index (κ2) is 7.61. The Balaban J connectivity index is 2.70. The molecule has 0 aromatic carbocycles. The number of esters is 1. The summed E-state index contributed by atoms with van der Waals surface area (Å²) in [4.78, 5) is 15.7. The van der Waals surface area contributed by atoms with E-state index in [-0.39, 0.29) is 6.04 Å². The summed E-state index contributed by atoms with van der Waals surface area (Å²) in [6.45, 7) is 4.26. The Morgan fingerprint density at radius 2 is 2.26 bits per heavy atom. The molecule has 0 fully saturated rings. The average molecular weight is 265 g/mol. The van der Waals surface area contributed by atoms with Crippen LogP contribution < -0.4 is 11.1 Å². The number of hydrogen-bond donors (Lipinski definition) is 2. The molecule has 106 valence electrons. The van der Waals surface area contributed by atoms with Gasteiger partial charge in [-0.3, -0.25) is 0 Å². The minimum absolute atomic E-state index is 0.272. The molecule has 3 N–H and O–H groups in total. The minimum Gasteiger partial charge on any atom is -0.465 e. The molecule has 0 saturated carbocycles. The predicted molar refractivity (Wildman–Crippen MR) is 77.2 cm³/mol. The molecule has 1 rings (SSSR count). The van der Waals surface area contributed by atoms with Gasteiger partial charge in [-0.05, 0) is 19.4 Å². The van der Waals surface area contributed by atoms with Crippen LogP contribution in [0.4, 0.5) is 11.5 Å². The van der Waals surface area contributed by atoms with E-state index in [9.17, 15) is 4.79 Å². The van der Waals surface area contributed by atoms with Crippen LogP contribution in [0.15, 0.2) is 12.3 Å².